The SMILES string of the molecule is CC1CC(N[C@H](C)c2ccco2)CCO1. The largest absolute Gasteiger partial charge is 0.468 e. The highest BCUT2D eigenvalue weighted by atomic mass is 16.5. The molecular weight excluding hydrogens is 190 g/mol. The van der Waals surface area contributed by atoms with E-state index in [-0.39, 0.29) is 6.04 Å². The van der Waals surface area contributed by atoms with Crippen LogP contribution in [0, 0.1) is 0 Å². The van der Waals surface area contributed by atoms with Crippen molar-refractivity contribution in [1.29, 1.82) is 0 Å². The van der Waals surface area contributed by atoms with E-state index >= 15 is 0 Å². The Morgan fingerprint density at radius 3 is 3.07 bits per heavy atom. The predicted octanol–water partition coefficient (Wildman–Crippen LogP) is 2.50. The van der Waals surface area contributed by atoms with Gasteiger partial charge < -0.3 is 14.5 Å². The monoisotopic (exact) mass is 209 g/mol. The van der Waals surface area contributed by atoms with Crippen LogP contribution in [0.2, 0.25) is 0 Å². The molecule has 2 heterocycles. The molecule has 2 unspecified atom stereocenters. The minimum absolute atomic E-state index is 0.287. The van der Waals surface area contributed by atoms with Gasteiger partial charge in [-0.2, -0.15) is 0 Å². The highest BCUT2D eigenvalue weighted by Gasteiger charge is 2.21. The van der Waals surface area contributed by atoms with Gasteiger partial charge in [-0.05, 0) is 38.8 Å². The molecule has 3 heteroatoms. The summed E-state index contributed by atoms with van der Waals surface area (Å²) in [5.74, 6) is 1.01. The summed E-state index contributed by atoms with van der Waals surface area (Å²) in [5.41, 5.74) is 0. The first-order valence-corrected chi connectivity index (χ1v) is 5.67. The van der Waals surface area contributed by atoms with Crippen molar-refractivity contribution in [2.24, 2.45) is 0 Å². The van der Waals surface area contributed by atoms with Crippen LogP contribution >= 0.6 is 0 Å². The summed E-state index contributed by atoms with van der Waals surface area (Å²) in [4.78, 5) is 0. The van der Waals surface area contributed by atoms with Crippen molar-refractivity contribution in [3.8, 4) is 0 Å². The first kappa shape index (κ1) is 10.7. The van der Waals surface area contributed by atoms with Crippen molar-refractivity contribution in [3.05, 3.63) is 24.2 Å². The molecule has 15 heavy (non-hydrogen) atoms. The first-order valence-electron chi connectivity index (χ1n) is 5.67. The van der Waals surface area contributed by atoms with Gasteiger partial charge in [-0.1, -0.05) is 0 Å². The number of ether oxygens (including phenoxy) is 1. The second-order valence-corrected chi connectivity index (χ2v) is 4.31. The molecule has 84 valence electrons. The zero-order valence-electron chi connectivity index (χ0n) is 9.40. The lowest BCUT2D eigenvalue weighted by molar-refractivity contribution is 0.0111. The minimum atomic E-state index is 0.287. The third-order valence-corrected chi connectivity index (χ3v) is 2.94. The van der Waals surface area contributed by atoms with Crippen LogP contribution in [0.4, 0.5) is 0 Å². The van der Waals surface area contributed by atoms with E-state index in [4.69, 9.17) is 9.15 Å². The van der Waals surface area contributed by atoms with Crippen molar-refractivity contribution in [2.45, 2.75) is 44.9 Å². The van der Waals surface area contributed by atoms with E-state index in [9.17, 15) is 0 Å². The minimum Gasteiger partial charge on any atom is -0.468 e. The van der Waals surface area contributed by atoms with Crippen LogP contribution in [0.1, 0.15) is 38.5 Å². The van der Waals surface area contributed by atoms with Crippen molar-refractivity contribution in [2.75, 3.05) is 6.61 Å². The Morgan fingerprint density at radius 2 is 2.40 bits per heavy atom. The lowest BCUT2D eigenvalue weighted by Crippen LogP contribution is -2.39. The van der Waals surface area contributed by atoms with Gasteiger partial charge in [-0.25, -0.2) is 0 Å². The molecule has 0 radical (unpaired) electrons. The van der Waals surface area contributed by atoms with Crippen LogP contribution in [-0.4, -0.2) is 18.8 Å². The fourth-order valence-corrected chi connectivity index (χ4v) is 2.12. The molecular formula is C12H19NO2. The average Bonchev–Trinajstić information content (AvgIpc) is 2.70. The normalized spacial score (nSPS) is 28.9. The van der Waals surface area contributed by atoms with E-state index in [1.54, 1.807) is 6.26 Å². The van der Waals surface area contributed by atoms with Gasteiger partial charge in [0.05, 0.1) is 18.4 Å². The summed E-state index contributed by atoms with van der Waals surface area (Å²) >= 11 is 0. The van der Waals surface area contributed by atoms with Crippen LogP contribution in [0.3, 0.4) is 0 Å². The Bertz CT molecular complexity index is 284. The standard InChI is InChI=1S/C12H19NO2/c1-9-8-11(5-7-14-9)13-10(2)12-4-3-6-15-12/h3-4,6,9-11,13H,5,7-8H2,1-2H3/t9?,10-,11?/m1/s1. The molecule has 1 aliphatic heterocycles. The molecule has 3 atom stereocenters. The van der Waals surface area contributed by atoms with Gasteiger partial charge in [0.1, 0.15) is 5.76 Å². The van der Waals surface area contributed by atoms with E-state index in [2.05, 4.69) is 19.2 Å². The average molecular weight is 209 g/mol. The fraction of sp³-hybridized carbons (Fsp3) is 0.667. The Morgan fingerprint density at radius 1 is 1.53 bits per heavy atom. The molecule has 0 saturated carbocycles. The molecule has 2 rings (SSSR count). The predicted molar refractivity (Wildman–Crippen MR) is 58.7 cm³/mol. The van der Waals surface area contributed by atoms with Gasteiger partial charge in [-0.15, -0.1) is 0 Å². The van der Waals surface area contributed by atoms with Crippen molar-refractivity contribution in [1.82, 2.24) is 5.32 Å². The van der Waals surface area contributed by atoms with Crippen molar-refractivity contribution < 1.29 is 9.15 Å². The van der Waals surface area contributed by atoms with E-state index in [0.717, 1.165) is 25.2 Å². The van der Waals surface area contributed by atoms with Gasteiger partial charge in [0.15, 0.2) is 0 Å². The van der Waals surface area contributed by atoms with E-state index in [0.29, 0.717) is 12.1 Å². The molecule has 1 aromatic rings. The van der Waals surface area contributed by atoms with Crippen molar-refractivity contribution in [3.63, 3.8) is 0 Å². The van der Waals surface area contributed by atoms with E-state index in [1.807, 2.05) is 12.1 Å². The van der Waals surface area contributed by atoms with E-state index < -0.39 is 0 Å². The molecule has 0 spiro atoms. The summed E-state index contributed by atoms with van der Waals surface area (Å²) in [5, 5.41) is 3.58. The summed E-state index contributed by atoms with van der Waals surface area (Å²) in [6.45, 7) is 5.13. The van der Waals surface area contributed by atoms with Crippen LogP contribution in [0.5, 0.6) is 0 Å². The quantitative estimate of drug-likeness (QED) is 0.830. The summed E-state index contributed by atoms with van der Waals surface area (Å²) in [6, 6.07) is 4.78. The van der Waals surface area contributed by atoms with Gasteiger partial charge in [0.2, 0.25) is 0 Å². The number of furan rings is 1. The molecule has 0 amide bonds. The van der Waals surface area contributed by atoms with Crippen LogP contribution in [-0.2, 0) is 4.74 Å². The zero-order valence-corrected chi connectivity index (χ0v) is 9.40. The second kappa shape index (κ2) is 4.81. The molecule has 1 aromatic heterocycles. The molecule has 1 saturated heterocycles. The highest BCUT2D eigenvalue weighted by Crippen LogP contribution is 2.18. The maximum absolute atomic E-state index is 5.52. The first-order chi connectivity index (χ1) is 7.25. The number of rotatable bonds is 3. The van der Waals surface area contributed by atoms with Gasteiger partial charge >= 0.3 is 0 Å². The lowest BCUT2D eigenvalue weighted by atomic mass is 10.0. The molecule has 1 fully saturated rings. The van der Waals surface area contributed by atoms with Crippen LogP contribution in [0.15, 0.2) is 22.8 Å². The lowest BCUT2D eigenvalue weighted by Gasteiger charge is -2.29. The zero-order chi connectivity index (χ0) is 10.7. The Hall–Kier alpha value is -0.800. The fourth-order valence-electron chi connectivity index (χ4n) is 2.12. The summed E-state index contributed by atoms with van der Waals surface area (Å²) < 4.78 is 10.9. The Labute approximate surface area is 90.8 Å². The Balaban J connectivity index is 1.86. The van der Waals surface area contributed by atoms with E-state index in [1.165, 1.54) is 0 Å². The molecule has 0 aromatic carbocycles. The van der Waals surface area contributed by atoms with Gasteiger partial charge in [-0.3, -0.25) is 0 Å². The topological polar surface area (TPSA) is 34.4 Å². The molecule has 1 aliphatic rings. The number of hydrogen-bond donors (Lipinski definition) is 1. The summed E-state index contributed by atoms with van der Waals surface area (Å²) in [6.07, 6.45) is 4.28. The molecule has 3 nitrogen and oxygen atoms in total. The maximum Gasteiger partial charge on any atom is 0.120 e. The molecule has 0 bridgehead atoms. The van der Waals surface area contributed by atoms with Crippen LogP contribution in [0.25, 0.3) is 0 Å². The Kier molecular flexibility index (Phi) is 3.44. The number of nitrogens with one attached hydrogen (secondary N) is 1. The molecule has 0 aliphatic carbocycles. The second-order valence-electron chi connectivity index (χ2n) is 4.31. The highest BCUT2D eigenvalue weighted by molar-refractivity contribution is 5.03. The van der Waals surface area contributed by atoms with Crippen LogP contribution < -0.4 is 5.32 Å². The third-order valence-electron chi connectivity index (χ3n) is 2.94. The van der Waals surface area contributed by atoms with Crippen molar-refractivity contribution >= 4 is 0 Å². The number of hydrogen-bond acceptors (Lipinski definition) is 3. The summed E-state index contributed by atoms with van der Waals surface area (Å²) in [7, 11) is 0. The smallest absolute Gasteiger partial charge is 0.120 e. The third kappa shape index (κ3) is 2.83. The maximum atomic E-state index is 5.52. The van der Waals surface area contributed by atoms with Gasteiger partial charge in [0.25, 0.3) is 0 Å². The molecule has 1 N–H and O–H groups in total. The van der Waals surface area contributed by atoms with Gasteiger partial charge in [0, 0.05) is 12.6 Å².